The van der Waals surface area contributed by atoms with Crippen LogP contribution in [0.15, 0.2) is 18.3 Å². The van der Waals surface area contributed by atoms with Crippen LogP contribution in [0.4, 0.5) is 5.69 Å². The standard InChI is InChI=1S/C13H19N5/c1-2-17-7-3-4-10(8-17)13-16-15-12-6-5-11(14)9-18(12)13/h5-6,9-10H,2-4,7-8,14H2,1H3. The number of nitrogen functional groups attached to an aromatic ring is 1. The highest BCUT2D eigenvalue weighted by Gasteiger charge is 2.24. The van der Waals surface area contributed by atoms with E-state index < -0.39 is 0 Å². The molecule has 2 N–H and O–H groups in total. The molecule has 0 amide bonds. The molecule has 2 aromatic rings. The first kappa shape index (κ1) is 11.5. The lowest BCUT2D eigenvalue weighted by atomic mass is 9.97. The Bertz CT molecular complexity index is 547. The monoisotopic (exact) mass is 245 g/mol. The van der Waals surface area contributed by atoms with Crippen molar-refractivity contribution in [2.45, 2.75) is 25.7 Å². The Morgan fingerprint density at radius 1 is 1.39 bits per heavy atom. The van der Waals surface area contributed by atoms with Gasteiger partial charge in [-0.3, -0.25) is 4.40 Å². The zero-order valence-electron chi connectivity index (χ0n) is 10.7. The van der Waals surface area contributed by atoms with Crippen LogP contribution in [-0.2, 0) is 0 Å². The van der Waals surface area contributed by atoms with Crippen LogP contribution in [-0.4, -0.2) is 39.1 Å². The lowest BCUT2D eigenvalue weighted by Gasteiger charge is -2.30. The fraction of sp³-hybridized carbons (Fsp3) is 0.538. The Morgan fingerprint density at radius 2 is 2.28 bits per heavy atom. The fourth-order valence-corrected chi connectivity index (χ4v) is 2.76. The number of nitrogens with zero attached hydrogens (tertiary/aromatic N) is 4. The van der Waals surface area contributed by atoms with Crippen LogP contribution in [0.25, 0.3) is 5.65 Å². The van der Waals surface area contributed by atoms with E-state index in [2.05, 4.69) is 22.0 Å². The molecule has 1 aliphatic heterocycles. The molecular weight excluding hydrogens is 226 g/mol. The quantitative estimate of drug-likeness (QED) is 0.871. The zero-order chi connectivity index (χ0) is 12.5. The third kappa shape index (κ3) is 1.95. The van der Waals surface area contributed by atoms with Gasteiger partial charge in [0.1, 0.15) is 5.82 Å². The molecule has 96 valence electrons. The van der Waals surface area contributed by atoms with Crippen molar-refractivity contribution in [2.75, 3.05) is 25.4 Å². The van der Waals surface area contributed by atoms with Crippen molar-refractivity contribution in [3.8, 4) is 0 Å². The second-order valence-corrected chi connectivity index (χ2v) is 4.98. The summed E-state index contributed by atoms with van der Waals surface area (Å²) < 4.78 is 2.04. The first-order valence-electron chi connectivity index (χ1n) is 6.60. The van der Waals surface area contributed by atoms with Crippen LogP contribution >= 0.6 is 0 Å². The van der Waals surface area contributed by atoms with Gasteiger partial charge in [0.25, 0.3) is 0 Å². The van der Waals surface area contributed by atoms with Gasteiger partial charge >= 0.3 is 0 Å². The number of aromatic nitrogens is 3. The number of anilines is 1. The number of nitrogens with two attached hydrogens (primary N) is 1. The van der Waals surface area contributed by atoms with Crippen LogP contribution in [0.1, 0.15) is 31.5 Å². The normalized spacial score (nSPS) is 21.5. The van der Waals surface area contributed by atoms with Crippen LogP contribution < -0.4 is 5.73 Å². The van der Waals surface area contributed by atoms with Gasteiger partial charge in [-0.15, -0.1) is 10.2 Å². The third-order valence-corrected chi connectivity index (χ3v) is 3.77. The van der Waals surface area contributed by atoms with E-state index in [1.807, 2.05) is 22.7 Å². The van der Waals surface area contributed by atoms with Gasteiger partial charge in [0, 0.05) is 24.3 Å². The molecule has 5 nitrogen and oxygen atoms in total. The number of likely N-dealkylation sites (N-methyl/N-ethyl adjacent to an activating group) is 1. The van der Waals surface area contributed by atoms with Gasteiger partial charge in [-0.25, -0.2) is 0 Å². The van der Waals surface area contributed by atoms with Crippen molar-refractivity contribution in [3.05, 3.63) is 24.2 Å². The minimum Gasteiger partial charge on any atom is -0.398 e. The van der Waals surface area contributed by atoms with E-state index in [-0.39, 0.29) is 0 Å². The summed E-state index contributed by atoms with van der Waals surface area (Å²) in [4.78, 5) is 2.47. The molecular formula is C13H19N5. The van der Waals surface area contributed by atoms with Crippen molar-refractivity contribution >= 4 is 11.3 Å². The number of rotatable bonds is 2. The number of hydrogen-bond acceptors (Lipinski definition) is 4. The zero-order valence-corrected chi connectivity index (χ0v) is 10.7. The molecule has 1 fully saturated rings. The van der Waals surface area contributed by atoms with Gasteiger partial charge < -0.3 is 10.6 Å². The van der Waals surface area contributed by atoms with Crippen molar-refractivity contribution in [2.24, 2.45) is 0 Å². The van der Waals surface area contributed by atoms with Crippen LogP contribution in [0.2, 0.25) is 0 Å². The van der Waals surface area contributed by atoms with Crippen molar-refractivity contribution < 1.29 is 0 Å². The van der Waals surface area contributed by atoms with Gasteiger partial charge in [-0.05, 0) is 38.1 Å². The molecule has 1 aliphatic rings. The van der Waals surface area contributed by atoms with Gasteiger partial charge in [0.05, 0.1) is 0 Å². The third-order valence-electron chi connectivity index (χ3n) is 3.77. The van der Waals surface area contributed by atoms with E-state index in [9.17, 15) is 0 Å². The summed E-state index contributed by atoms with van der Waals surface area (Å²) in [7, 11) is 0. The maximum Gasteiger partial charge on any atom is 0.160 e. The van der Waals surface area contributed by atoms with Crippen molar-refractivity contribution in [3.63, 3.8) is 0 Å². The largest absolute Gasteiger partial charge is 0.398 e. The number of likely N-dealkylation sites (tertiary alicyclic amines) is 1. The molecule has 18 heavy (non-hydrogen) atoms. The fourth-order valence-electron chi connectivity index (χ4n) is 2.76. The highest BCUT2D eigenvalue weighted by atomic mass is 15.3. The number of pyridine rings is 1. The topological polar surface area (TPSA) is 59.5 Å². The molecule has 3 heterocycles. The van der Waals surface area contributed by atoms with Crippen molar-refractivity contribution in [1.82, 2.24) is 19.5 Å². The first-order valence-corrected chi connectivity index (χ1v) is 6.60. The highest BCUT2D eigenvalue weighted by molar-refractivity contribution is 5.47. The SMILES string of the molecule is CCN1CCCC(c2nnc3ccc(N)cn23)C1. The molecule has 2 aromatic heterocycles. The molecule has 1 atom stereocenters. The van der Waals surface area contributed by atoms with Crippen LogP contribution in [0.3, 0.4) is 0 Å². The Labute approximate surface area is 107 Å². The molecule has 0 saturated carbocycles. The lowest BCUT2D eigenvalue weighted by Crippen LogP contribution is -2.34. The summed E-state index contributed by atoms with van der Waals surface area (Å²) in [6, 6.07) is 3.79. The highest BCUT2D eigenvalue weighted by Crippen LogP contribution is 2.26. The summed E-state index contributed by atoms with van der Waals surface area (Å²) in [6.45, 7) is 5.59. The lowest BCUT2D eigenvalue weighted by molar-refractivity contribution is 0.213. The summed E-state index contributed by atoms with van der Waals surface area (Å²) in [6.07, 6.45) is 4.34. The number of fused-ring (bicyclic) bond motifs is 1. The average molecular weight is 245 g/mol. The van der Waals surface area contributed by atoms with Gasteiger partial charge in [0.2, 0.25) is 0 Å². The molecule has 0 radical (unpaired) electrons. The van der Waals surface area contributed by atoms with Gasteiger partial charge in [0.15, 0.2) is 5.65 Å². The molecule has 0 aliphatic carbocycles. The van der Waals surface area contributed by atoms with E-state index >= 15 is 0 Å². The van der Waals surface area contributed by atoms with E-state index in [0.29, 0.717) is 5.92 Å². The molecule has 3 rings (SSSR count). The maximum atomic E-state index is 5.85. The predicted molar refractivity (Wildman–Crippen MR) is 71.5 cm³/mol. The predicted octanol–water partition coefficient (Wildman–Crippen LogP) is 1.51. The molecule has 1 saturated heterocycles. The molecule has 1 unspecified atom stereocenters. The minimum absolute atomic E-state index is 0.468. The smallest absolute Gasteiger partial charge is 0.160 e. The molecule has 5 heteroatoms. The van der Waals surface area contributed by atoms with Crippen LogP contribution in [0, 0.1) is 0 Å². The number of hydrogen-bond donors (Lipinski definition) is 1. The van der Waals surface area contributed by atoms with Gasteiger partial charge in [-0.1, -0.05) is 6.92 Å². The van der Waals surface area contributed by atoms with Crippen molar-refractivity contribution in [1.29, 1.82) is 0 Å². The summed E-state index contributed by atoms with van der Waals surface area (Å²) in [5.41, 5.74) is 7.49. The number of piperidine rings is 1. The Morgan fingerprint density at radius 3 is 3.11 bits per heavy atom. The van der Waals surface area contributed by atoms with Crippen LogP contribution in [0.5, 0.6) is 0 Å². The summed E-state index contributed by atoms with van der Waals surface area (Å²) in [5.74, 6) is 1.52. The van der Waals surface area contributed by atoms with Gasteiger partial charge in [-0.2, -0.15) is 0 Å². The second-order valence-electron chi connectivity index (χ2n) is 4.98. The first-order chi connectivity index (χ1) is 8.78. The van der Waals surface area contributed by atoms with E-state index in [1.165, 1.54) is 19.4 Å². The second kappa shape index (κ2) is 4.57. The molecule has 0 spiro atoms. The Hall–Kier alpha value is -1.62. The summed E-state index contributed by atoms with van der Waals surface area (Å²) in [5, 5.41) is 8.58. The Balaban J connectivity index is 1.96. The minimum atomic E-state index is 0.468. The van der Waals surface area contributed by atoms with E-state index in [4.69, 9.17) is 5.73 Å². The maximum absolute atomic E-state index is 5.85. The van der Waals surface area contributed by atoms with E-state index in [0.717, 1.165) is 30.2 Å². The molecule has 0 bridgehead atoms. The van der Waals surface area contributed by atoms with E-state index in [1.54, 1.807) is 0 Å². The Kier molecular flexibility index (Phi) is 2.91. The summed E-state index contributed by atoms with van der Waals surface area (Å²) >= 11 is 0. The molecule has 0 aromatic carbocycles. The average Bonchev–Trinajstić information content (AvgIpc) is 2.81.